The van der Waals surface area contributed by atoms with Crippen molar-refractivity contribution < 1.29 is 34.8 Å². The molecule has 4 aromatic rings. The van der Waals surface area contributed by atoms with E-state index < -0.39 is 55.4 Å². The standard InChI is InChI=1S/C21H14F6N4O2S/c1-3-34(32,33)17-4-10(11-5-13(23)14(24)6-12(11)22)8-29-19(17)20-30-15-7-18(21(25,26)27)28-9-16(15)31(20)2/h4-9H,3H2,1-2H3. The lowest BCUT2D eigenvalue weighted by Crippen LogP contribution is -2.09. The molecule has 0 N–H and O–H groups in total. The van der Waals surface area contributed by atoms with Gasteiger partial charge in [0, 0.05) is 30.4 Å². The molecule has 0 aliphatic rings. The van der Waals surface area contributed by atoms with Gasteiger partial charge in [-0.15, -0.1) is 0 Å². The third-order valence-electron chi connectivity index (χ3n) is 5.16. The lowest BCUT2D eigenvalue weighted by atomic mass is 10.1. The van der Waals surface area contributed by atoms with Gasteiger partial charge in [-0.3, -0.25) is 4.98 Å². The van der Waals surface area contributed by atoms with E-state index in [0.29, 0.717) is 12.1 Å². The zero-order chi connectivity index (χ0) is 25.0. The van der Waals surface area contributed by atoms with Crippen molar-refractivity contribution in [1.82, 2.24) is 19.5 Å². The Hall–Kier alpha value is -3.48. The average molecular weight is 500 g/mol. The minimum absolute atomic E-state index is 0.0829. The van der Waals surface area contributed by atoms with E-state index in [-0.39, 0.29) is 28.1 Å². The lowest BCUT2D eigenvalue weighted by Gasteiger charge is -2.12. The van der Waals surface area contributed by atoms with Crippen LogP contribution in [0.4, 0.5) is 26.3 Å². The third kappa shape index (κ3) is 4.00. The third-order valence-corrected chi connectivity index (χ3v) is 6.90. The van der Waals surface area contributed by atoms with E-state index in [1.807, 2.05) is 0 Å². The molecule has 13 heteroatoms. The Kier molecular flexibility index (Phi) is 5.62. The first-order chi connectivity index (χ1) is 15.8. The van der Waals surface area contributed by atoms with E-state index in [4.69, 9.17) is 0 Å². The van der Waals surface area contributed by atoms with E-state index >= 15 is 0 Å². The monoisotopic (exact) mass is 500 g/mol. The fourth-order valence-corrected chi connectivity index (χ4v) is 4.41. The summed E-state index contributed by atoms with van der Waals surface area (Å²) < 4.78 is 107. The highest BCUT2D eigenvalue weighted by molar-refractivity contribution is 7.91. The lowest BCUT2D eigenvalue weighted by molar-refractivity contribution is -0.141. The first-order valence-corrected chi connectivity index (χ1v) is 11.3. The number of sulfone groups is 1. The maximum Gasteiger partial charge on any atom is 0.433 e. The molecule has 0 fully saturated rings. The maximum atomic E-state index is 14.3. The second-order valence-corrected chi connectivity index (χ2v) is 9.52. The summed E-state index contributed by atoms with van der Waals surface area (Å²) in [6, 6.07) is 2.65. The Morgan fingerprint density at radius 1 is 0.941 bits per heavy atom. The Morgan fingerprint density at radius 2 is 1.62 bits per heavy atom. The molecule has 178 valence electrons. The van der Waals surface area contributed by atoms with Crippen LogP contribution in [0.15, 0.2) is 41.6 Å². The zero-order valence-corrected chi connectivity index (χ0v) is 18.3. The number of aryl methyl sites for hydroxylation is 1. The number of fused-ring (bicyclic) bond motifs is 1. The van der Waals surface area contributed by atoms with Gasteiger partial charge < -0.3 is 4.57 Å². The Bertz CT molecular complexity index is 1550. The van der Waals surface area contributed by atoms with Crippen LogP contribution in [0.5, 0.6) is 0 Å². The van der Waals surface area contributed by atoms with Gasteiger partial charge >= 0.3 is 6.18 Å². The van der Waals surface area contributed by atoms with Gasteiger partial charge in [-0.25, -0.2) is 31.6 Å². The number of hydrogen-bond acceptors (Lipinski definition) is 5. The van der Waals surface area contributed by atoms with Gasteiger partial charge in [-0.1, -0.05) is 6.92 Å². The summed E-state index contributed by atoms with van der Waals surface area (Å²) in [5.74, 6) is -4.38. The second-order valence-electron chi connectivity index (χ2n) is 7.27. The molecule has 0 unspecified atom stereocenters. The Balaban J connectivity index is 1.96. The number of alkyl halides is 3. The largest absolute Gasteiger partial charge is 0.433 e. The summed E-state index contributed by atoms with van der Waals surface area (Å²) >= 11 is 0. The van der Waals surface area contributed by atoms with Gasteiger partial charge in [0.1, 0.15) is 17.2 Å². The number of nitrogens with zero attached hydrogens (tertiary/aromatic N) is 4. The van der Waals surface area contributed by atoms with Crippen LogP contribution >= 0.6 is 0 Å². The van der Waals surface area contributed by atoms with Gasteiger partial charge in [0.15, 0.2) is 27.3 Å². The van der Waals surface area contributed by atoms with Crippen LogP contribution in [-0.4, -0.2) is 33.7 Å². The molecule has 0 saturated carbocycles. The fraction of sp³-hybridized carbons (Fsp3) is 0.190. The topological polar surface area (TPSA) is 77.7 Å². The van der Waals surface area contributed by atoms with Crippen molar-refractivity contribution in [3.63, 3.8) is 0 Å². The van der Waals surface area contributed by atoms with Crippen molar-refractivity contribution in [2.45, 2.75) is 18.0 Å². The molecule has 6 nitrogen and oxygen atoms in total. The van der Waals surface area contributed by atoms with Crippen LogP contribution in [-0.2, 0) is 23.1 Å². The summed E-state index contributed by atoms with van der Waals surface area (Å²) in [6.45, 7) is 1.35. The molecular formula is C21H14F6N4O2S. The Morgan fingerprint density at radius 3 is 2.26 bits per heavy atom. The molecule has 0 aliphatic carbocycles. The van der Waals surface area contributed by atoms with Gasteiger partial charge in [0.2, 0.25) is 0 Å². The predicted octanol–water partition coefficient (Wildman–Crippen LogP) is 4.93. The number of benzene rings is 1. The molecule has 4 rings (SSSR count). The Labute approximate surface area is 188 Å². The van der Waals surface area contributed by atoms with Crippen molar-refractivity contribution in [3.8, 4) is 22.6 Å². The molecular weight excluding hydrogens is 486 g/mol. The summed E-state index contributed by atoms with van der Waals surface area (Å²) in [7, 11) is -2.59. The van der Waals surface area contributed by atoms with Gasteiger partial charge in [0.25, 0.3) is 0 Å². The number of hydrogen-bond donors (Lipinski definition) is 0. The van der Waals surface area contributed by atoms with Crippen molar-refractivity contribution in [1.29, 1.82) is 0 Å². The molecule has 34 heavy (non-hydrogen) atoms. The maximum absolute atomic E-state index is 14.3. The van der Waals surface area contributed by atoms with Crippen LogP contribution < -0.4 is 0 Å². The number of imidazole rings is 1. The van der Waals surface area contributed by atoms with Crippen molar-refractivity contribution in [2.75, 3.05) is 5.75 Å². The first-order valence-electron chi connectivity index (χ1n) is 9.61. The van der Waals surface area contributed by atoms with Crippen molar-refractivity contribution in [2.24, 2.45) is 7.05 Å². The molecule has 3 heterocycles. The quantitative estimate of drug-likeness (QED) is 0.294. The van der Waals surface area contributed by atoms with Gasteiger partial charge in [-0.05, 0) is 18.2 Å². The molecule has 0 amide bonds. The van der Waals surface area contributed by atoms with E-state index in [1.165, 1.54) is 18.5 Å². The van der Waals surface area contributed by atoms with E-state index in [0.717, 1.165) is 24.5 Å². The summed E-state index contributed by atoms with van der Waals surface area (Å²) in [4.78, 5) is 11.2. The smallest absolute Gasteiger partial charge is 0.324 e. The van der Waals surface area contributed by atoms with Gasteiger partial charge in [-0.2, -0.15) is 13.2 Å². The van der Waals surface area contributed by atoms with Crippen LogP contribution in [0.1, 0.15) is 12.6 Å². The van der Waals surface area contributed by atoms with E-state index in [1.54, 1.807) is 0 Å². The average Bonchev–Trinajstić information content (AvgIpc) is 3.11. The fourth-order valence-electron chi connectivity index (χ4n) is 3.35. The molecule has 1 aromatic carbocycles. The van der Waals surface area contributed by atoms with Crippen LogP contribution in [0, 0.1) is 17.5 Å². The van der Waals surface area contributed by atoms with Crippen LogP contribution in [0.25, 0.3) is 33.7 Å². The van der Waals surface area contributed by atoms with Crippen LogP contribution in [0.3, 0.4) is 0 Å². The second kappa shape index (κ2) is 8.08. The molecule has 3 aromatic heterocycles. The highest BCUT2D eigenvalue weighted by atomic mass is 32.2. The minimum Gasteiger partial charge on any atom is -0.324 e. The van der Waals surface area contributed by atoms with Crippen molar-refractivity contribution in [3.05, 3.63) is 59.8 Å². The van der Waals surface area contributed by atoms with Gasteiger partial charge in [0.05, 0.1) is 27.9 Å². The minimum atomic E-state index is -4.71. The zero-order valence-electron chi connectivity index (χ0n) is 17.5. The number of pyridine rings is 2. The first kappa shape index (κ1) is 23.7. The SMILES string of the molecule is CCS(=O)(=O)c1cc(-c2cc(F)c(F)cc2F)cnc1-c1nc2cc(C(F)(F)F)ncc2n1C. The van der Waals surface area contributed by atoms with E-state index in [9.17, 15) is 34.8 Å². The highest BCUT2D eigenvalue weighted by Crippen LogP contribution is 2.34. The molecule has 0 saturated heterocycles. The van der Waals surface area contributed by atoms with Crippen molar-refractivity contribution >= 4 is 20.9 Å². The molecule has 0 aliphatic heterocycles. The number of rotatable bonds is 4. The summed E-state index contributed by atoms with van der Waals surface area (Å²) in [5, 5.41) is 0. The normalized spacial score (nSPS) is 12.5. The summed E-state index contributed by atoms with van der Waals surface area (Å²) in [5.41, 5.74) is -1.87. The molecule has 0 spiro atoms. The predicted molar refractivity (Wildman–Crippen MR) is 110 cm³/mol. The number of halogens is 6. The molecule has 0 atom stereocenters. The van der Waals surface area contributed by atoms with Crippen LogP contribution in [0.2, 0.25) is 0 Å². The molecule has 0 bridgehead atoms. The van der Waals surface area contributed by atoms with E-state index in [2.05, 4.69) is 15.0 Å². The number of aromatic nitrogens is 4. The molecule has 0 radical (unpaired) electrons. The highest BCUT2D eigenvalue weighted by Gasteiger charge is 2.33. The summed E-state index contributed by atoms with van der Waals surface area (Å²) in [6.07, 6.45) is -2.72.